The van der Waals surface area contributed by atoms with Crippen molar-refractivity contribution in [2.75, 3.05) is 27.2 Å². The Morgan fingerprint density at radius 1 is 1.43 bits per heavy atom. The molecule has 1 atom stereocenters. The van der Waals surface area contributed by atoms with E-state index in [2.05, 4.69) is 26.1 Å². The lowest BCUT2D eigenvalue weighted by atomic mass is 9.95. The highest BCUT2D eigenvalue weighted by molar-refractivity contribution is 5.78. The maximum absolute atomic E-state index is 11.8. The highest BCUT2D eigenvalue weighted by Crippen LogP contribution is 2.15. The standard InChI is InChI=1S/C11H24N2O/c1-9(7-12-5)10(14)13(6)8-11(2,3)4/h9,12H,7-8H2,1-6H3. The summed E-state index contributed by atoms with van der Waals surface area (Å²) in [5.74, 6) is 0.279. The van der Waals surface area contributed by atoms with Crippen molar-refractivity contribution in [3.05, 3.63) is 0 Å². The number of carbonyl (C=O) groups is 1. The molecule has 0 fully saturated rings. The van der Waals surface area contributed by atoms with E-state index in [4.69, 9.17) is 0 Å². The van der Waals surface area contributed by atoms with Gasteiger partial charge in [-0.2, -0.15) is 0 Å². The van der Waals surface area contributed by atoms with Crippen molar-refractivity contribution < 1.29 is 4.79 Å². The van der Waals surface area contributed by atoms with Gasteiger partial charge in [0.1, 0.15) is 0 Å². The van der Waals surface area contributed by atoms with Gasteiger partial charge in [-0.25, -0.2) is 0 Å². The smallest absolute Gasteiger partial charge is 0.226 e. The number of hydrogen-bond acceptors (Lipinski definition) is 2. The van der Waals surface area contributed by atoms with Crippen LogP contribution in [0, 0.1) is 11.3 Å². The van der Waals surface area contributed by atoms with Crippen LogP contribution in [-0.4, -0.2) is 38.0 Å². The lowest BCUT2D eigenvalue weighted by Crippen LogP contribution is -2.40. The van der Waals surface area contributed by atoms with E-state index >= 15 is 0 Å². The summed E-state index contributed by atoms with van der Waals surface area (Å²) in [5.41, 5.74) is 0.170. The maximum Gasteiger partial charge on any atom is 0.226 e. The van der Waals surface area contributed by atoms with Gasteiger partial charge < -0.3 is 10.2 Å². The van der Waals surface area contributed by atoms with E-state index in [1.54, 1.807) is 0 Å². The first-order valence-corrected chi connectivity index (χ1v) is 5.17. The van der Waals surface area contributed by atoms with Gasteiger partial charge in [-0.05, 0) is 12.5 Å². The first-order chi connectivity index (χ1) is 6.28. The average Bonchev–Trinajstić information content (AvgIpc) is 2.00. The van der Waals surface area contributed by atoms with Gasteiger partial charge in [0.15, 0.2) is 0 Å². The maximum atomic E-state index is 11.8. The minimum atomic E-state index is 0.0624. The molecule has 0 spiro atoms. The number of nitrogens with zero attached hydrogens (tertiary/aromatic N) is 1. The zero-order valence-electron chi connectivity index (χ0n) is 10.3. The lowest BCUT2D eigenvalue weighted by molar-refractivity contribution is -0.134. The van der Waals surface area contributed by atoms with Gasteiger partial charge in [0, 0.05) is 26.1 Å². The van der Waals surface area contributed by atoms with Gasteiger partial charge in [-0.15, -0.1) is 0 Å². The van der Waals surface area contributed by atoms with E-state index in [9.17, 15) is 4.79 Å². The number of hydrogen-bond donors (Lipinski definition) is 1. The first kappa shape index (κ1) is 13.4. The Morgan fingerprint density at radius 2 is 1.93 bits per heavy atom. The summed E-state index contributed by atoms with van der Waals surface area (Å²) in [6, 6.07) is 0. The molecule has 0 aliphatic heterocycles. The molecule has 0 aromatic heterocycles. The molecule has 14 heavy (non-hydrogen) atoms. The molecule has 0 saturated heterocycles. The second kappa shape index (κ2) is 5.35. The van der Waals surface area contributed by atoms with Crippen molar-refractivity contribution in [3.8, 4) is 0 Å². The molecule has 0 aromatic carbocycles. The minimum Gasteiger partial charge on any atom is -0.345 e. The van der Waals surface area contributed by atoms with Crippen molar-refractivity contribution in [2.24, 2.45) is 11.3 Å². The molecule has 0 heterocycles. The topological polar surface area (TPSA) is 32.3 Å². The third kappa shape index (κ3) is 5.22. The monoisotopic (exact) mass is 200 g/mol. The summed E-state index contributed by atoms with van der Waals surface area (Å²) in [5, 5.41) is 3.02. The highest BCUT2D eigenvalue weighted by atomic mass is 16.2. The minimum absolute atomic E-state index is 0.0624. The normalized spacial score (nSPS) is 13.9. The van der Waals surface area contributed by atoms with E-state index in [1.165, 1.54) is 0 Å². The molecule has 3 nitrogen and oxygen atoms in total. The fourth-order valence-electron chi connectivity index (χ4n) is 1.56. The molecular weight excluding hydrogens is 176 g/mol. The summed E-state index contributed by atoms with van der Waals surface area (Å²) < 4.78 is 0. The summed E-state index contributed by atoms with van der Waals surface area (Å²) in [7, 11) is 3.74. The second-order valence-corrected chi connectivity index (χ2v) is 5.21. The predicted octanol–water partition coefficient (Wildman–Crippen LogP) is 1.35. The van der Waals surface area contributed by atoms with Crippen LogP contribution in [0.25, 0.3) is 0 Å². The molecule has 1 N–H and O–H groups in total. The quantitative estimate of drug-likeness (QED) is 0.743. The summed E-state index contributed by atoms with van der Waals surface area (Å²) in [6.45, 7) is 9.92. The van der Waals surface area contributed by atoms with E-state index in [0.717, 1.165) is 13.1 Å². The van der Waals surface area contributed by atoms with Gasteiger partial charge in [-0.1, -0.05) is 27.7 Å². The molecule has 1 unspecified atom stereocenters. The number of rotatable bonds is 4. The van der Waals surface area contributed by atoms with Crippen molar-refractivity contribution in [1.82, 2.24) is 10.2 Å². The van der Waals surface area contributed by atoms with Crippen molar-refractivity contribution in [1.29, 1.82) is 0 Å². The molecule has 3 heteroatoms. The number of amides is 1. The predicted molar refractivity (Wildman–Crippen MR) is 60.2 cm³/mol. The molecule has 0 bridgehead atoms. The van der Waals surface area contributed by atoms with E-state index in [1.807, 2.05) is 25.9 Å². The largest absolute Gasteiger partial charge is 0.345 e. The van der Waals surface area contributed by atoms with Crippen LogP contribution in [0.2, 0.25) is 0 Å². The lowest BCUT2D eigenvalue weighted by Gasteiger charge is -2.28. The van der Waals surface area contributed by atoms with Crippen molar-refractivity contribution in [2.45, 2.75) is 27.7 Å². The van der Waals surface area contributed by atoms with Crippen LogP contribution < -0.4 is 5.32 Å². The van der Waals surface area contributed by atoms with Crippen LogP contribution in [0.3, 0.4) is 0 Å². The zero-order valence-corrected chi connectivity index (χ0v) is 10.3. The van der Waals surface area contributed by atoms with Crippen LogP contribution in [-0.2, 0) is 4.79 Å². The molecule has 0 radical (unpaired) electrons. The average molecular weight is 200 g/mol. The van der Waals surface area contributed by atoms with E-state index in [0.29, 0.717) is 0 Å². The van der Waals surface area contributed by atoms with Crippen LogP contribution >= 0.6 is 0 Å². The van der Waals surface area contributed by atoms with Gasteiger partial charge in [0.25, 0.3) is 0 Å². The van der Waals surface area contributed by atoms with Crippen molar-refractivity contribution in [3.63, 3.8) is 0 Å². The van der Waals surface area contributed by atoms with Crippen LogP contribution in [0.15, 0.2) is 0 Å². The fraction of sp³-hybridized carbons (Fsp3) is 0.909. The Bertz CT molecular complexity index is 184. The van der Waals surface area contributed by atoms with Gasteiger partial charge in [-0.3, -0.25) is 4.79 Å². The Labute approximate surface area is 87.9 Å². The Hall–Kier alpha value is -0.570. The molecule has 84 valence electrons. The summed E-state index contributed by atoms with van der Waals surface area (Å²) in [6.07, 6.45) is 0. The Balaban J connectivity index is 4.12. The fourth-order valence-corrected chi connectivity index (χ4v) is 1.56. The van der Waals surface area contributed by atoms with Gasteiger partial charge in [0.2, 0.25) is 5.91 Å². The zero-order chi connectivity index (χ0) is 11.4. The molecule has 0 rings (SSSR count). The Morgan fingerprint density at radius 3 is 2.29 bits per heavy atom. The number of nitrogens with one attached hydrogen (secondary N) is 1. The summed E-state index contributed by atoms with van der Waals surface area (Å²) in [4.78, 5) is 13.6. The van der Waals surface area contributed by atoms with Gasteiger partial charge in [0.05, 0.1) is 0 Å². The van der Waals surface area contributed by atoms with Crippen LogP contribution in [0.5, 0.6) is 0 Å². The first-order valence-electron chi connectivity index (χ1n) is 5.17. The summed E-state index contributed by atoms with van der Waals surface area (Å²) >= 11 is 0. The Kier molecular flexibility index (Phi) is 5.13. The van der Waals surface area contributed by atoms with Gasteiger partial charge >= 0.3 is 0 Å². The van der Waals surface area contributed by atoms with Crippen LogP contribution in [0.4, 0.5) is 0 Å². The van der Waals surface area contributed by atoms with Crippen LogP contribution in [0.1, 0.15) is 27.7 Å². The molecular formula is C11H24N2O. The third-order valence-corrected chi connectivity index (χ3v) is 2.02. The molecule has 0 aliphatic carbocycles. The third-order valence-electron chi connectivity index (χ3n) is 2.02. The molecule has 0 saturated carbocycles. The highest BCUT2D eigenvalue weighted by Gasteiger charge is 2.21. The number of carbonyl (C=O) groups excluding carboxylic acids is 1. The van der Waals surface area contributed by atoms with Crippen molar-refractivity contribution >= 4 is 5.91 Å². The van der Waals surface area contributed by atoms with E-state index < -0.39 is 0 Å². The molecule has 0 aliphatic rings. The van der Waals surface area contributed by atoms with E-state index in [-0.39, 0.29) is 17.2 Å². The molecule has 1 amide bonds. The second-order valence-electron chi connectivity index (χ2n) is 5.21. The SMILES string of the molecule is CNCC(C)C(=O)N(C)CC(C)(C)C. The molecule has 0 aromatic rings.